The normalized spacial score (nSPS) is 21.4. The van der Waals surface area contributed by atoms with Gasteiger partial charge in [-0.2, -0.15) is 4.98 Å². The molecule has 5 heteroatoms. The molecule has 2 aliphatic rings. The molecule has 0 atom stereocenters. The summed E-state index contributed by atoms with van der Waals surface area (Å²) < 4.78 is 10.3. The molecule has 1 aromatic rings. The number of hydrogen-bond donors (Lipinski definition) is 0. The molecular weight excluding hydrogens is 232 g/mol. The molecule has 0 spiro atoms. The lowest BCUT2D eigenvalue weighted by Crippen LogP contribution is -2.23. The first kappa shape index (κ1) is 11.7. The molecule has 2 saturated carbocycles. The summed E-state index contributed by atoms with van der Waals surface area (Å²) in [4.78, 5) is 16.3. The van der Waals surface area contributed by atoms with Crippen molar-refractivity contribution in [3.63, 3.8) is 0 Å². The maximum absolute atomic E-state index is 11.9. The summed E-state index contributed by atoms with van der Waals surface area (Å²) in [6, 6.07) is 0. The highest BCUT2D eigenvalue weighted by Gasteiger charge is 2.57. The summed E-state index contributed by atoms with van der Waals surface area (Å²) >= 11 is 0. The molecular formula is C13H18N2O3. The first-order valence-corrected chi connectivity index (χ1v) is 6.75. The Labute approximate surface area is 106 Å². The molecule has 5 nitrogen and oxygen atoms in total. The van der Waals surface area contributed by atoms with Crippen molar-refractivity contribution in [1.82, 2.24) is 10.1 Å². The molecule has 1 aromatic heterocycles. The van der Waals surface area contributed by atoms with Crippen LogP contribution < -0.4 is 0 Å². The van der Waals surface area contributed by atoms with Gasteiger partial charge in [0, 0.05) is 6.42 Å². The van der Waals surface area contributed by atoms with E-state index < -0.39 is 5.41 Å². The summed E-state index contributed by atoms with van der Waals surface area (Å²) in [7, 11) is 0. The van der Waals surface area contributed by atoms with Crippen LogP contribution in [0.5, 0.6) is 0 Å². The van der Waals surface area contributed by atoms with Crippen LogP contribution in [0.4, 0.5) is 0 Å². The second kappa shape index (κ2) is 4.37. The van der Waals surface area contributed by atoms with E-state index in [1.165, 1.54) is 19.3 Å². The van der Waals surface area contributed by atoms with Crippen molar-refractivity contribution in [2.75, 3.05) is 6.61 Å². The fraction of sp³-hybridized carbons (Fsp3) is 0.769. The van der Waals surface area contributed by atoms with E-state index in [0.717, 1.165) is 25.1 Å². The molecule has 2 aliphatic carbocycles. The van der Waals surface area contributed by atoms with Gasteiger partial charge in [-0.05, 0) is 25.7 Å². The van der Waals surface area contributed by atoms with Crippen LogP contribution in [0.2, 0.25) is 0 Å². The van der Waals surface area contributed by atoms with Gasteiger partial charge in [0.25, 0.3) is 0 Å². The Bertz CT molecular complexity index is 447. The highest BCUT2D eigenvalue weighted by atomic mass is 16.5. The molecule has 0 bridgehead atoms. The second-order valence-electron chi connectivity index (χ2n) is 5.32. The van der Waals surface area contributed by atoms with Crippen molar-refractivity contribution in [3.8, 4) is 0 Å². The van der Waals surface area contributed by atoms with E-state index >= 15 is 0 Å². The Morgan fingerprint density at radius 2 is 2.28 bits per heavy atom. The van der Waals surface area contributed by atoms with Crippen LogP contribution in [0.1, 0.15) is 50.7 Å². The van der Waals surface area contributed by atoms with E-state index in [-0.39, 0.29) is 5.97 Å². The Hall–Kier alpha value is -1.39. The summed E-state index contributed by atoms with van der Waals surface area (Å²) in [6.07, 6.45) is 6.22. The lowest BCUT2D eigenvalue weighted by molar-refractivity contribution is -0.146. The minimum atomic E-state index is -0.624. The molecule has 0 aliphatic heterocycles. The smallest absolute Gasteiger partial charge is 0.321 e. The third kappa shape index (κ3) is 1.91. The topological polar surface area (TPSA) is 65.2 Å². The molecule has 0 N–H and O–H groups in total. The molecule has 3 rings (SSSR count). The number of nitrogens with zero attached hydrogens (tertiary/aromatic N) is 2. The largest absolute Gasteiger partial charge is 0.465 e. The number of hydrogen-bond acceptors (Lipinski definition) is 5. The minimum Gasteiger partial charge on any atom is -0.465 e. The van der Waals surface area contributed by atoms with Crippen LogP contribution in [-0.4, -0.2) is 22.7 Å². The molecule has 98 valence electrons. The van der Waals surface area contributed by atoms with Gasteiger partial charge in [-0.15, -0.1) is 0 Å². The zero-order valence-electron chi connectivity index (χ0n) is 10.6. The zero-order valence-corrected chi connectivity index (χ0v) is 10.6. The van der Waals surface area contributed by atoms with E-state index in [4.69, 9.17) is 9.26 Å². The molecule has 2 fully saturated rings. The van der Waals surface area contributed by atoms with Crippen LogP contribution >= 0.6 is 0 Å². The van der Waals surface area contributed by atoms with Crippen LogP contribution in [0, 0.1) is 5.92 Å². The van der Waals surface area contributed by atoms with Gasteiger partial charge < -0.3 is 9.26 Å². The average molecular weight is 250 g/mol. The number of carbonyl (C=O) groups excluding carboxylic acids is 1. The standard InChI is InChI=1S/C13H18N2O3/c1-2-17-12(16)13(6-7-13)11-14-10(15-18-11)8-9-4-3-5-9/h9H,2-8H2,1H3. The fourth-order valence-corrected chi connectivity index (χ4v) is 2.39. The van der Waals surface area contributed by atoms with Gasteiger partial charge >= 0.3 is 5.97 Å². The van der Waals surface area contributed by atoms with Crippen molar-refractivity contribution >= 4 is 5.97 Å². The second-order valence-corrected chi connectivity index (χ2v) is 5.32. The number of aromatic nitrogens is 2. The number of esters is 1. The average Bonchev–Trinajstić information content (AvgIpc) is 2.98. The van der Waals surface area contributed by atoms with Crippen LogP contribution in [-0.2, 0) is 21.4 Å². The predicted octanol–water partition coefficient (Wildman–Crippen LogP) is 2.01. The fourth-order valence-electron chi connectivity index (χ4n) is 2.39. The van der Waals surface area contributed by atoms with E-state index in [2.05, 4.69) is 10.1 Å². The minimum absolute atomic E-state index is 0.219. The number of carbonyl (C=O) groups is 1. The van der Waals surface area contributed by atoms with Gasteiger partial charge in [-0.3, -0.25) is 4.79 Å². The third-order valence-corrected chi connectivity index (χ3v) is 3.99. The molecule has 18 heavy (non-hydrogen) atoms. The van der Waals surface area contributed by atoms with Crippen molar-refractivity contribution < 1.29 is 14.1 Å². The molecule has 1 heterocycles. The first-order chi connectivity index (χ1) is 8.74. The SMILES string of the molecule is CCOC(=O)C1(c2nc(CC3CCC3)no2)CC1. The Morgan fingerprint density at radius 3 is 2.83 bits per heavy atom. The molecule has 0 unspecified atom stereocenters. The Kier molecular flexibility index (Phi) is 2.84. The number of rotatable bonds is 5. The van der Waals surface area contributed by atoms with Gasteiger partial charge in [-0.25, -0.2) is 0 Å². The first-order valence-electron chi connectivity index (χ1n) is 6.75. The van der Waals surface area contributed by atoms with Crippen LogP contribution in [0.3, 0.4) is 0 Å². The predicted molar refractivity (Wildman–Crippen MR) is 62.9 cm³/mol. The monoisotopic (exact) mass is 250 g/mol. The van der Waals surface area contributed by atoms with E-state index in [1.807, 2.05) is 6.92 Å². The highest BCUT2D eigenvalue weighted by molar-refractivity contribution is 5.85. The summed E-state index contributed by atoms with van der Waals surface area (Å²) in [5.41, 5.74) is -0.624. The lowest BCUT2D eigenvalue weighted by atomic mass is 9.83. The van der Waals surface area contributed by atoms with E-state index in [0.29, 0.717) is 18.4 Å². The summed E-state index contributed by atoms with van der Waals surface area (Å²) in [5.74, 6) is 1.68. The van der Waals surface area contributed by atoms with Gasteiger partial charge in [0.2, 0.25) is 5.89 Å². The summed E-state index contributed by atoms with van der Waals surface area (Å²) in [5, 5.41) is 3.99. The van der Waals surface area contributed by atoms with Gasteiger partial charge in [-0.1, -0.05) is 24.4 Å². The van der Waals surface area contributed by atoms with Gasteiger partial charge in [0.05, 0.1) is 6.61 Å². The third-order valence-electron chi connectivity index (χ3n) is 3.99. The molecule has 0 saturated heterocycles. The zero-order chi connectivity index (χ0) is 12.6. The quantitative estimate of drug-likeness (QED) is 0.748. The molecule has 0 radical (unpaired) electrons. The molecule has 0 amide bonds. The van der Waals surface area contributed by atoms with Gasteiger partial charge in [0.15, 0.2) is 5.82 Å². The van der Waals surface area contributed by atoms with Crippen molar-refractivity contribution in [2.24, 2.45) is 5.92 Å². The van der Waals surface area contributed by atoms with Crippen LogP contribution in [0.25, 0.3) is 0 Å². The van der Waals surface area contributed by atoms with Gasteiger partial charge in [0.1, 0.15) is 5.41 Å². The summed E-state index contributed by atoms with van der Waals surface area (Å²) in [6.45, 7) is 2.20. The van der Waals surface area contributed by atoms with Crippen molar-refractivity contribution in [1.29, 1.82) is 0 Å². The van der Waals surface area contributed by atoms with Crippen molar-refractivity contribution in [3.05, 3.63) is 11.7 Å². The highest BCUT2D eigenvalue weighted by Crippen LogP contribution is 2.48. The lowest BCUT2D eigenvalue weighted by Gasteiger charge is -2.23. The molecule has 0 aromatic carbocycles. The van der Waals surface area contributed by atoms with Crippen LogP contribution in [0.15, 0.2) is 4.52 Å². The Balaban J connectivity index is 1.70. The Morgan fingerprint density at radius 1 is 1.50 bits per heavy atom. The van der Waals surface area contributed by atoms with E-state index in [1.54, 1.807) is 0 Å². The van der Waals surface area contributed by atoms with Crippen molar-refractivity contribution in [2.45, 2.75) is 50.9 Å². The maximum Gasteiger partial charge on any atom is 0.321 e. The maximum atomic E-state index is 11.9. The van der Waals surface area contributed by atoms with E-state index in [9.17, 15) is 4.79 Å². The number of ether oxygens (including phenoxy) is 1.